The van der Waals surface area contributed by atoms with Crippen LogP contribution in [0.1, 0.15) is 39.0 Å². The van der Waals surface area contributed by atoms with Gasteiger partial charge in [0.05, 0.1) is 13.0 Å². The standard InChI is InChI=1S/C14H26F2N2O2/c1-3-17-11-4-6-12(7-5-11)18(2)14(19)8-9-20-10-13(15)16/h11-13,17H,3-10H2,1-2H3. The van der Waals surface area contributed by atoms with E-state index in [1.165, 1.54) is 0 Å². The second kappa shape index (κ2) is 9.23. The number of nitrogens with zero attached hydrogens (tertiary/aromatic N) is 1. The maximum absolute atomic E-state index is 11.9. The van der Waals surface area contributed by atoms with E-state index in [4.69, 9.17) is 4.74 Å². The van der Waals surface area contributed by atoms with Crippen LogP contribution in [0.5, 0.6) is 0 Å². The topological polar surface area (TPSA) is 41.6 Å². The molecule has 1 amide bonds. The van der Waals surface area contributed by atoms with Gasteiger partial charge in [-0.3, -0.25) is 4.79 Å². The van der Waals surface area contributed by atoms with Crippen molar-refractivity contribution in [1.29, 1.82) is 0 Å². The lowest BCUT2D eigenvalue weighted by Gasteiger charge is -2.35. The molecule has 0 heterocycles. The lowest BCUT2D eigenvalue weighted by molar-refractivity contribution is -0.134. The van der Waals surface area contributed by atoms with E-state index < -0.39 is 13.0 Å². The van der Waals surface area contributed by atoms with Crippen LogP contribution in [-0.2, 0) is 9.53 Å². The molecular weight excluding hydrogens is 266 g/mol. The molecule has 1 fully saturated rings. The summed E-state index contributed by atoms with van der Waals surface area (Å²) in [6.45, 7) is 2.55. The van der Waals surface area contributed by atoms with E-state index in [2.05, 4.69) is 12.2 Å². The third-order valence-electron chi connectivity index (χ3n) is 3.83. The highest BCUT2D eigenvalue weighted by atomic mass is 19.3. The first-order valence-corrected chi connectivity index (χ1v) is 7.39. The first-order chi connectivity index (χ1) is 9.54. The Hall–Kier alpha value is -0.750. The van der Waals surface area contributed by atoms with Crippen molar-refractivity contribution in [3.8, 4) is 0 Å². The van der Waals surface area contributed by atoms with Crippen LogP contribution in [0.25, 0.3) is 0 Å². The molecule has 1 aliphatic carbocycles. The molecular formula is C14H26F2N2O2. The molecule has 4 nitrogen and oxygen atoms in total. The second-order valence-electron chi connectivity index (χ2n) is 5.28. The fraction of sp³-hybridized carbons (Fsp3) is 0.929. The Balaban J connectivity index is 2.21. The molecule has 0 aromatic rings. The lowest BCUT2D eigenvalue weighted by Crippen LogP contribution is -2.43. The van der Waals surface area contributed by atoms with Crippen LogP contribution in [0.4, 0.5) is 8.78 Å². The van der Waals surface area contributed by atoms with Crippen molar-refractivity contribution in [2.24, 2.45) is 0 Å². The number of halogens is 2. The van der Waals surface area contributed by atoms with Crippen molar-refractivity contribution >= 4 is 5.91 Å². The predicted octanol–water partition coefficient (Wildman–Crippen LogP) is 2.04. The van der Waals surface area contributed by atoms with Gasteiger partial charge in [-0.15, -0.1) is 0 Å². The molecule has 0 radical (unpaired) electrons. The minimum absolute atomic E-state index is 0.0221. The van der Waals surface area contributed by atoms with Gasteiger partial charge in [-0.25, -0.2) is 8.78 Å². The van der Waals surface area contributed by atoms with Gasteiger partial charge in [0.25, 0.3) is 6.43 Å². The predicted molar refractivity (Wildman–Crippen MR) is 73.9 cm³/mol. The molecule has 0 aromatic carbocycles. The number of hydrogen-bond donors (Lipinski definition) is 1. The number of nitrogens with one attached hydrogen (secondary N) is 1. The molecule has 0 bridgehead atoms. The largest absolute Gasteiger partial charge is 0.375 e. The van der Waals surface area contributed by atoms with E-state index in [0.717, 1.165) is 32.2 Å². The monoisotopic (exact) mass is 292 g/mol. The Labute approximate surface area is 119 Å². The lowest BCUT2D eigenvalue weighted by atomic mass is 9.90. The maximum atomic E-state index is 11.9. The normalized spacial score (nSPS) is 23.1. The molecule has 1 rings (SSSR count). The zero-order valence-electron chi connectivity index (χ0n) is 12.4. The first kappa shape index (κ1) is 17.3. The molecule has 0 aliphatic heterocycles. The summed E-state index contributed by atoms with van der Waals surface area (Å²) in [4.78, 5) is 13.7. The number of amides is 1. The number of ether oxygens (including phenoxy) is 1. The summed E-state index contributed by atoms with van der Waals surface area (Å²) in [5.74, 6) is -0.0221. The van der Waals surface area contributed by atoms with Crippen LogP contribution in [-0.4, -0.2) is 56.1 Å². The highest BCUT2D eigenvalue weighted by Crippen LogP contribution is 2.22. The zero-order valence-corrected chi connectivity index (χ0v) is 12.4. The number of carbonyl (C=O) groups is 1. The molecule has 6 heteroatoms. The van der Waals surface area contributed by atoms with Gasteiger partial charge in [0, 0.05) is 19.1 Å². The van der Waals surface area contributed by atoms with E-state index in [9.17, 15) is 13.6 Å². The molecule has 118 valence electrons. The second-order valence-corrected chi connectivity index (χ2v) is 5.28. The van der Waals surface area contributed by atoms with E-state index in [1.807, 2.05) is 0 Å². The van der Waals surface area contributed by atoms with Gasteiger partial charge in [-0.05, 0) is 32.2 Å². The third kappa shape index (κ3) is 6.13. The highest BCUT2D eigenvalue weighted by Gasteiger charge is 2.25. The van der Waals surface area contributed by atoms with Gasteiger partial charge in [0.1, 0.15) is 6.61 Å². The number of hydrogen-bond acceptors (Lipinski definition) is 3. The minimum Gasteiger partial charge on any atom is -0.375 e. The average molecular weight is 292 g/mol. The van der Waals surface area contributed by atoms with Crippen molar-refractivity contribution in [3.05, 3.63) is 0 Å². The molecule has 0 spiro atoms. The zero-order chi connectivity index (χ0) is 15.0. The van der Waals surface area contributed by atoms with Crippen molar-refractivity contribution in [2.75, 3.05) is 26.8 Å². The smallest absolute Gasteiger partial charge is 0.261 e. The van der Waals surface area contributed by atoms with Crippen LogP contribution >= 0.6 is 0 Å². The highest BCUT2D eigenvalue weighted by molar-refractivity contribution is 5.76. The van der Waals surface area contributed by atoms with Gasteiger partial charge in [-0.1, -0.05) is 6.92 Å². The summed E-state index contributed by atoms with van der Waals surface area (Å²) >= 11 is 0. The Morgan fingerprint density at radius 3 is 2.55 bits per heavy atom. The SMILES string of the molecule is CCNC1CCC(N(C)C(=O)CCOCC(F)F)CC1. The van der Waals surface area contributed by atoms with E-state index >= 15 is 0 Å². The molecule has 20 heavy (non-hydrogen) atoms. The van der Waals surface area contributed by atoms with Crippen molar-refractivity contribution in [1.82, 2.24) is 10.2 Å². The van der Waals surface area contributed by atoms with Crippen LogP contribution in [0, 0.1) is 0 Å². The fourth-order valence-electron chi connectivity index (χ4n) is 2.67. The average Bonchev–Trinajstić information content (AvgIpc) is 2.43. The summed E-state index contributed by atoms with van der Waals surface area (Å²) in [5.41, 5.74) is 0. The third-order valence-corrected chi connectivity index (χ3v) is 3.83. The Kier molecular flexibility index (Phi) is 7.99. The van der Waals surface area contributed by atoms with Crippen molar-refractivity contribution < 1.29 is 18.3 Å². The minimum atomic E-state index is -2.47. The van der Waals surface area contributed by atoms with E-state index in [-0.39, 0.29) is 25.0 Å². The quantitative estimate of drug-likeness (QED) is 0.696. The van der Waals surface area contributed by atoms with Crippen molar-refractivity contribution in [3.63, 3.8) is 0 Å². The Bertz CT molecular complexity index is 282. The molecule has 1 aliphatic rings. The van der Waals surface area contributed by atoms with Gasteiger partial charge < -0.3 is 15.0 Å². The van der Waals surface area contributed by atoms with Crippen LogP contribution in [0.3, 0.4) is 0 Å². The van der Waals surface area contributed by atoms with Crippen LogP contribution < -0.4 is 5.32 Å². The number of rotatable bonds is 8. The van der Waals surface area contributed by atoms with Gasteiger partial charge >= 0.3 is 0 Å². The maximum Gasteiger partial charge on any atom is 0.261 e. The summed E-state index contributed by atoms with van der Waals surface area (Å²) < 4.78 is 28.5. The van der Waals surface area contributed by atoms with Crippen LogP contribution in [0.2, 0.25) is 0 Å². The molecule has 0 saturated heterocycles. The van der Waals surface area contributed by atoms with Gasteiger partial charge in [-0.2, -0.15) is 0 Å². The summed E-state index contributed by atoms with van der Waals surface area (Å²) in [5, 5.41) is 3.43. The molecule has 1 saturated carbocycles. The fourth-order valence-corrected chi connectivity index (χ4v) is 2.67. The summed E-state index contributed by atoms with van der Waals surface area (Å²) in [6, 6.07) is 0.835. The van der Waals surface area contributed by atoms with E-state index in [1.54, 1.807) is 11.9 Å². The Morgan fingerprint density at radius 2 is 2.00 bits per heavy atom. The summed E-state index contributed by atoms with van der Waals surface area (Å²) in [6.07, 6.45) is 1.87. The number of carbonyl (C=O) groups excluding carboxylic acids is 1. The van der Waals surface area contributed by atoms with E-state index in [0.29, 0.717) is 6.04 Å². The molecule has 0 aromatic heterocycles. The first-order valence-electron chi connectivity index (χ1n) is 7.39. The number of alkyl halides is 2. The van der Waals surface area contributed by atoms with Gasteiger partial charge in [0.15, 0.2) is 0 Å². The van der Waals surface area contributed by atoms with Crippen molar-refractivity contribution in [2.45, 2.75) is 57.5 Å². The van der Waals surface area contributed by atoms with Crippen LogP contribution in [0.15, 0.2) is 0 Å². The Morgan fingerprint density at radius 1 is 1.35 bits per heavy atom. The van der Waals surface area contributed by atoms with Gasteiger partial charge in [0.2, 0.25) is 5.91 Å². The molecule has 0 unspecified atom stereocenters. The summed E-state index contributed by atoms with van der Waals surface area (Å²) in [7, 11) is 1.80. The molecule has 0 atom stereocenters. The molecule has 1 N–H and O–H groups in total.